The number of carbonyl (C=O) groups is 2. The lowest BCUT2D eigenvalue weighted by molar-refractivity contribution is -0.150. The maximum atomic E-state index is 13.3. The van der Waals surface area contributed by atoms with Gasteiger partial charge in [-0.05, 0) is 42.9 Å². The van der Waals surface area contributed by atoms with Crippen molar-refractivity contribution in [2.75, 3.05) is 13.2 Å². The van der Waals surface area contributed by atoms with Gasteiger partial charge in [0, 0.05) is 23.1 Å². The van der Waals surface area contributed by atoms with E-state index in [9.17, 15) is 14.7 Å². The Morgan fingerprint density at radius 1 is 1.07 bits per heavy atom. The number of phenols is 1. The van der Waals surface area contributed by atoms with Crippen LogP contribution in [0.1, 0.15) is 68.7 Å². The van der Waals surface area contributed by atoms with E-state index in [2.05, 4.69) is 0 Å². The second kappa shape index (κ2) is 5.75. The third kappa shape index (κ3) is 2.38. The number of ether oxygens (including phenoxy) is 2. The van der Waals surface area contributed by atoms with E-state index in [-0.39, 0.29) is 28.8 Å². The SMILES string of the molecule is CC1(CC2CCc3cc(O)c4c(c32)C(=O)c2ccccc2C4=O)OCCO1. The Morgan fingerprint density at radius 2 is 1.70 bits per heavy atom. The highest BCUT2D eigenvalue weighted by Crippen LogP contribution is 2.47. The van der Waals surface area contributed by atoms with Gasteiger partial charge in [-0.1, -0.05) is 24.3 Å². The third-order valence-corrected chi connectivity index (χ3v) is 5.99. The fourth-order valence-electron chi connectivity index (χ4n) is 4.83. The van der Waals surface area contributed by atoms with E-state index >= 15 is 0 Å². The van der Waals surface area contributed by atoms with Crippen LogP contribution in [-0.2, 0) is 15.9 Å². The molecular formula is C22H20O5. The molecule has 2 aliphatic carbocycles. The number of hydrogen-bond donors (Lipinski definition) is 1. The molecule has 0 spiro atoms. The minimum absolute atomic E-state index is 0.0551. The zero-order valence-electron chi connectivity index (χ0n) is 15.1. The van der Waals surface area contributed by atoms with Gasteiger partial charge in [0.1, 0.15) is 5.75 Å². The molecule has 1 fully saturated rings. The molecule has 1 heterocycles. The van der Waals surface area contributed by atoms with Crippen molar-refractivity contribution < 1.29 is 24.2 Å². The van der Waals surface area contributed by atoms with Crippen molar-refractivity contribution in [2.45, 2.75) is 37.9 Å². The molecule has 5 heteroatoms. The van der Waals surface area contributed by atoms with Crippen LogP contribution in [0.2, 0.25) is 0 Å². The molecule has 138 valence electrons. The van der Waals surface area contributed by atoms with Crippen molar-refractivity contribution in [1.82, 2.24) is 0 Å². The molecule has 5 rings (SSSR count). The number of hydrogen-bond acceptors (Lipinski definition) is 5. The summed E-state index contributed by atoms with van der Waals surface area (Å²) in [5.74, 6) is -1.18. The first-order valence-electron chi connectivity index (χ1n) is 9.33. The van der Waals surface area contributed by atoms with Crippen LogP contribution in [0.5, 0.6) is 5.75 Å². The summed E-state index contributed by atoms with van der Waals surface area (Å²) in [5.41, 5.74) is 3.11. The molecule has 1 aliphatic heterocycles. The smallest absolute Gasteiger partial charge is 0.198 e. The maximum absolute atomic E-state index is 13.3. The molecule has 0 amide bonds. The quantitative estimate of drug-likeness (QED) is 0.755. The Bertz CT molecular complexity index is 984. The Morgan fingerprint density at radius 3 is 2.37 bits per heavy atom. The normalized spacial score (nSPS) is 22.5. The van der Waals surface area contributed by atoms with Crippen molar-refractivity contribution in [3.63, 3.8) is 0 Å². The monoisotopic (exact) mass is 364 g/mol. The van der Waals surface area contributed by atoms with Gasteiger partial charge in [0.05, 0.1) is 18.8 Å². The number of fused-ring (bicyclic) bond motifs is 4. The van der Waals surface area contributed by atoms with E-state index in [1.54, 1.807) is 30.3 Å². The van der Waals surface area contributed by atoms with Gasteiger partial charge in [0.15, 0.2) is 17.4 Å². The van der Waals surface area contributed by atoms with Gasteiger partial charge in [-0.2, -0.15) is 0 Å². The van der Waals surface area contributed by atoms with Crippen molar-refractivity contribution in [1.29, 1.82) is 0 Å². The average Bonchev–Trinajstić information content (AvgIpc) is 3.25. The van der Waals surface area contributed by atoms with E-state index in [1.165, 1.54) is 0 Å². The summed E-state index contributed by atoms with van der Waals surface area (Å²) >= 11 is 0. The molecule has 1 atom stereocenters. The van der Waals surface area contributed by atoms with Gasteiger partial charge in [-0.25, -0.2) is 0 Å². The molecule has 3 aliphatic rings. The molecule has 1 unspecified atom stereocenters. The molecule has 0 saturated carbocycles. The Kier molecular flexibility index (Phi) is 3.55. The van der Waals surface area contributed by atoms with Crippen molar-refractivity contribution >= 4 is 11.6 Å². The number of phenolic OH excluding ortho intramolecular Hbond substituents is 1. The second-order valence-electron chi connectivity index (χ2n) is 7.69. The lowest BCUT2D eigenvalue weighted by Gasteiger charge is -2.28. The first-order chi connectivity index (χ1) is 13.0. The lowest BCUT2D eigenvalue weighted by atomic mass is 9.78. The summed E-state index contributed by atoms with van der Waals surface area (Å²) in [6.07, 6.45) is 2.23. The van der Waals surface area contributed by atoms with Crippen LogP contribution in [0.25, 0.3) is 0 Å². The number of aromatic hydroxyl groups is 1. The summed E-state index contributed by atoms with van der Waals surface area (Å²) in [4.78, 5) is 26.3. The zero-order valence-corrected chi connectivity index (χ0v) is 15.1. The topological polar surface area (TPSA) is 72.8 Å². The van der Waals surface area contributed by atoms with E-state index in [1.807, 2.05) is 6.92 Å². The minimum atomic E-state index is -0.670. The third-order valence-electron chi connectivity index (χ3n) is 5.99. The number of ketones is 2. The summed E-state index contributed by atoms with van der Waals surface area (Å²) in [5, 5.41) is 10.5. The molecular weight excluding hydrogens is 344 g/mol. The molecule has 2 aromatic carbocycles. The highest BCUT2D eigenvalue weighted by atomic mass is 16.7. The van der Waals surface area contributed by atoms with Crippen LogP contribution < -0.4 is 0 Å². The van der Waals surface area contributed by atoms with Gasteiger partial charge in [0.25, 0.3) is 0 Å². The van der Waals surface area contributed by atoms with Crippen molar-refractivity contribution in [2.24, 2.45) is 0 Å². The number of benzene rings is 2. The summed E-state index contributed by atoms with van der Waals surface area (Å²) in [6.45, 7) is 3.05. The van der Waals surface area contributed by atoms with Crippen LogP contribution in [-0.4, -0.2) is 35.7 Å². The number of rotatable bonds is 2. The van der Waals surface area contributed by atoms with Crippen molar-refractivity contribution in [3.05, 3.63) is 63.7 Å². The van der Waals surface area contributed by atoms with Crippen LogP contribution in [0.4, 0.5) is 0 Å². The average molecular weight is 364 g/mol. The van der Waals surface area contributed by atoms with Crippen LogP contribution in [0.3, 0.4) is 0 Å². The Balaban J connectivity index is 1.67. The fraction of sp³-hybridized carbons (Fsp3) is 0.364. The molecule has 1 saturated heterocycles. The molecule has 2 aromatic rings. The van der Waals surface area contributed by atoms with Crippen LogP contribution in [0, 0.1) is 0 Å². The predicted octanol–water partition coefficient (Wildman–Crippen LogP) is 3.35. The standard InChI is InChI=1S/C22H20O5/c1-22(26-8-9-27-22)11-13-7-6-12-10-16(23)18-19(17(12)13)21(25)15-5-3-2-4-14(15)20(18)24/h2-5,10,13,23H,6-9,11H2,1H3. The lowest BCUT2D eigenvalue weighted by Crippen LogP contribution is -2.29. The predicted molar refractivity (Wildman–Crippen MR) is 97.4 cm³/mol. The highest BCUT2D eigenvalue weighted by molar-refractivity contribution is 6.30. The maximum Gasteiger partial charge on any atom is 0.198 e. The summed E-state index contributed by atoms with van der Waals surface area (Å²) < 4.78 is 11.5. The first-order valence-corrected chi connectivity index (χ1v) is 9.33. The second-order valence-corrected chi connectivity index (χ2v) is 7.69. The summed E-state index contributed by atoms with van der Waals surface area (Å²) in [6, 6.07) is 8.48. The van der Waals surface area contributed by atoms with Gasteiger partial charge in [0.2, 0.25) is 0 Å². The van der Waals surface area contributed by atoms with Gasteiger partial charge < -0.3 is 14.6 Å². The summed E-state index contributed by atoms with van der Waals surface area (Å²) in [7, 11) is 0. The molecule has 1 N–H and O–H groups in total. The first kappa shape index (κ1) is 16.7. The van der Waals surface area contributed by atoms with E-state index in [0.717, 1.165) is 24.0 Å². The van der Waals surface area contributed by atoms with Crippen LogP contribution in [0.15, 0.2) is 30.3 Å². The van der Waals surface area contributed by atoms with Crippen molar-refractivity contribution in [3.8, 4) is 5.75 Å². The van der Waals surface area contributed by atoms with Gasteiger partial charge in [-0.3, -0.25) is 9.59 Å². The van der Waals surface area contributed by atoms with Gasteiger partial charge in [-0.15, -0.1) is 0 Å². The Labute approximate surface area is 156 Å². The molecule has 5 nitrogen and oxygen atoms in total. The molecule has 0 aromatic heterocycles. The van der Waals surface area contributed by atoms with E-state index in [0.29, 0.717) is 36.3 Å². The zero-order chi connectivity index (χ0) is 18.8. The number of aryl methyl sites for hydroxylation is 1. The fourth-order valence-corrected chi connectivity index (χ4v) is 4.83. The molecule has 0 radical (unpaired) electrons. The molecule has 27 heavy (non-hydrogen) atoms. The highest BCUT2D eigenvalue weighted by Gasteiger charge is 2.42. The minimum Gasteiger partial charge on any atom is -0.507 e. The van der Waals surface area contributed by atoms with Crippen LogP contribution >= 0.6 is 0 Å². The number of carbonyl (C=O) groups excluding carboxylic acids is 2. The Hall–Kier alpha value is -2.50. The molecule has 0 bridgehead atoms. The largest absolute Gasteiger partial charge is 0.507 e. The van der Waals surface area contributed by atoms with E-state index in [4.69, 9.17) is 9.47 Å². The van der Waals surface area contributed by atoms with Gasteiger partial charge >= 0.3 is 0 Å². The van der Waals surface area contributed by atoms with E-state index < -0.39 is 5.79 Å².